The van der Waals surface area contributed by atoms with Gasteiger partial charge in [-0.05, 0) is 0 Å². The minimum absolute atomic E-state index is 1.50. The molecular formula is C5H10Cl2O2S. The summed E-state index contributed by atoms with van der Waals surface area (Å²) in [6.45, 7) is 0. The van der Waals surface area contributed by atoms with Crippen LogP contribution in [-0.4, -0.2) is 8.42 Å². The van der Waals surface area contributed by atoms with E-state index < -0.39 is 8.26 Å². The van der Waals surface area contributed by atoms with Crippen LogP contribution < -0.4 is 0 Å². The summed E-state index contributed by atoms with van der Waals surface area (Å²) in [5, 5.41) is 0. The highest BCUT2D eigenvalue weighted by molar-refractivity contribution is 8.31. The van der Waals surface area contributed by atoms with Gasteiger partial charge in [0.2, 0.25) is 0 Å². The van der Waals surface area contributed by atoms with Gasteiger partial charge in [0.1, 0.15) is 0 Å². The quantitative estimate of drug-likeness (QED) is 0.569. The third-order valence-electron chi connectivity index (χ3n) is 1.25. The maximum absolute atomic E-state index is 9.16. The van der Waals surface area contributed by atoms with Gasteiger partial charge < -0.3 is 0 Å². The standard InChI is InChI=1S/C5H10.Cl2O2S/c1-2-4-5-3-1;1-5(2,3)4/h1-5H2;. The molecule has 0 N–H and O–H groups in total. The van der Waals surface area contributed by atoms with Crippen molar-refractivity contribution in [2.45, 2.75) is 32.1 Å². The minimum atomic E-state index is -3.72. The van der Waals surface area contributed by atoms with E-state index in [1.165, 1.54) is 32.1 Å². The average molecular weight is 205 g/mol. The summed E-state index contributed by atoms with van der Waals surface area (Å²) >= 11 is 0. The summed E-state index contributed by atoms with van der Waals surface area (Å²) in [7, 11) is 4.81. The summed E-state index contributed by atoms with van der Waals surface area (Å²) in [5.74, 6) is 0. The van der Waals surface area contributed by atoms with Gasteiger partial charge in [0.15, 0.2) is 0 Å². The van der Waals surface area contributed by atoms with Crippen LogP contribution >= 0.6 is 21.4 Å². The molecule has 0 bridgehead atoms. The Morgan fingerprint density at radius 2 is 0.900 bits per heavy atom. The van der Waals surface area contributed by atoms with E-state index in [4.69, 9.17) is 8.42 Å². The molecule has 0 spiro atoms. The molecule has 0 amide bonds. The highest BCUT2D eigenvalue weighted by Crippen LogP contribution is 2.15. The number of hydrogen-bond donors (Lipinski definition) is 0. The van der Waals surface area contributed by atoms with E-state index in [1.807, 2.05) is 0 Å². The Labute approximate surface area is 70.4 Å². The molecule has 0 radical (unpaired) electrons. The predicted octanol–water partition coefficient (Wildman–Crippen LogP) is 2.66. The molecule has 1 saturated carbocycles. The van der Waals surface area contributed by atoms with Crippen molar-refractivity contribution < 1.29 is 8.42 Å². The monoisotopic (exact) mass is 204 g/mol. The van der Waals surface area contributed by atoms with Crippen molar-refractivity contribution in [2.24, 2.45) is 0 Å². The second kappa shape index (κ2) is 5.22. The molecule has 0 aromatic rings. The molecule has 5 heteroatoms. The lowest BCUT2D eigenvalue weighted by atomic mass is 10.4. The molecule has 1 aliphatic rings. The molecule has 0 aliphatic heterocycles. The summed E-state index contributed by atoms with van der Waals surface area (Å²) in [5.41, 5.74) is 0. The lowest BCUT2D eigenvalue weighted by Gasteiger charge is -1.67. The lowest BCUT2D eigenvalue weighted by molar-refractivity contribution is 0.621. The summed E-state index contributed by atoms with van der Waals surface area (Å²) in [6.07, 6.45) is 7.50. The van der Waals surface area contributed by atoms with Crippen molar-refractivity contribution in [1.82, 2.24) is 0 Å². The van der Waals surface area contributed by atoms with Gasteiger partial charge >= 0.3 is 8.26 Å². The maximum atomic E-state index is 9.16. The fourth-order valence-electron chi connectivity index (χ4n) is 0.884. The van der Waals surface area contributed by atoms with Gasteiger partial charge in [-0.25, -0.2) is 0 Å². The van der Waals surface area contributed by atoms with E-state index in [9.17, 15) is 0 Å². The molecule has 2 nitrogen and oxygen atoms in total. The second-order valence-electron chi connectivity index (χ2n) is 2.15. The van der Waals surface area contributed by atoms with Crippen LogP contribution in [0.25, 0.3) is 0 Å². The lowest BCUT2D eigenvalue weighted by Crippen LogP contribution is -1.63. The Morgan fingerprint density at radius 3 is 1.00 bits per heavy atom. The van der Waals surface area contributed by atoms with E-state index in [1.54, 1.807) is 0 Å². The minimum Gasteiger partial charge on any atom is -0.195 e. The number of rotatable bonds is 0. The SMILES string of the molecule is C1CCCC1.O=S(=O)(Cl)Cl. The van der Waals surface area contributed by atoms with Gasteiger partial charge in [-0.2, -0.15) is 8.42 Å². The number of halogens is 2. The van der Waals surface area contributed by atoms with Crippen LogP contribution in [0.15, 0.2) is 0 Å². The van der Waals surface area contributed by atoms with Gasteiger partial charge in [-0.1, -0.05) is 32.1 Å². The van der Waals surface area contributed by atoms with Crippen molar-refractivity contribution in [3.63, 3.8) is 0 Å². The molecule has 0 atom stereocenters. The third kappa shape index (κ3) is 15.8. The van der Waals surface area contributed by atoms with Crippen molar-refractivity contribution in [3.8, 4) is 0 Å². The van der Waals surface area contributed by atoms with Crippen LogP contribution in [0.3, 0.4) is 0 Å². The molecule has 10 heavy (non-hydrogen) atoms. The summed E-state index contributed by atoms with van der Waals surface area (Å²) in [6, 6.07) is 0. The van der Waals surface area contributed by atoms with E-state index in [0.29, 0.717) is 0 Å². The Balaban J connectivity index is 0.000000162. The molecular weight excluding hydrogens is 195 g/mol. The Bertz CT molecular complexity index is 145. The molecule has 1 rings (SSSR count). The van der Waals surface area contributed by atoms with Crippen molar-refractivity contribution in [2.75, 3.05) is 0 Å². The van der Waals surface area contributed by atoms with Crippen molar-refractivity contribution in [3.05, 3.63) is 0 Å². The fraction of sp³-hybridized carbons (Fsp3) is 1.00. The zero-order chi connectivity index (χ0) is 8.04. The smallest absolute Gasteiger partial charge is 0.195 e. The van der Waals surface area contributed by atoms with Gasteiger partial charge in [0, 0.05) is 21.4 Å². The first kappa shape index (κ1) is 10.5. The van der Waals surface area contributed by atoms with Crippen LogP contribution in [0.4, 0.5) is 0 Å². The molecule has 62 valence electrons. The molecule has 0 unspecified atom stereocenters. The van der Waals surface area contributed by atoms with Gasteiger partial charge in [-0.15, -0.1) is 0 Å². The van der Waals surface area contributed by atoms with E-state index >= 15 is 0 Å². The van der Waals surface area contributed by atoms with E-state index in [0.717, 1.165) is 0 Å². The summed E-state index contributed by atoms with van der Waals surface area (Å²) in [4.78, 5) is 0. The molecule has 0 aromatic carbocycles. The molecule has 0 aromatic heterocycles. The molecule has 1 aliphatic carbocycles. The number of hydrogen-bond acceptors (Lipinski definition) is 2. The first-order valence-electron chi connectivity index (χ1n) is 3.14. The zero-order valence-electron chi connectivity index (χ0n) is 5.52. The van der Waals surface area contributed by atoms with Crippen LogP contribution in [0, 0.1) is 0 Å². The fourth-order valence-corrected chi connectivity index (χ4v) is 0.884. The Kier molecular flexibility index (Phi) is 5.49. The van der Waals surface area contributed by atoms with Gasteiger partial charge in [0.05, 0.1) is 0 Å². The van der Waals surface area contributed by atoms with Crippen molar-refractivity contribution >= 4 is 29.6 Å². The van der Waals surface area contributed by atoms with Crippen LogP contribution in [0.2, 0.25) is 0 Å². The highest BCUT2D eigenvalue weighted by Gasteiger charge is 1.95. The van der Waals surface area contributed by atoms with Gasteiger partial charge in [0.25, 0.3) is 0 Å². The second-order valence-corrected chi connectivity index (χ2v) is 5.81. The van der Waals surface area contributed by atoms with Crippen LogP contribution in [0.1, 0.15) is 32.1 Å². The van der Waals surface area contributed by atoms with Crippen molar-refractivity contribution in [1.29, 1.82) is 0 Å². The normalized spacial score (nSPS) is 17.8. The van der Waals surface area contributed by atoms with E-state index in [-0.39, 0.29) is 0 Å². The third-order valence-corrected chi connectivity index (χ3v) is 1.25. The molecule has 0 saturated heterocycles. The topological polar surface area (TPSA) is 34.1 Å². The average Bonchev–Trinajstić information content (AvgIpc) is 2.07. The van der Waals surface area contributed by atoms with Crippen LogP contribution in [0.5, 0.6) is 0 Å². The highest BCUT2D eigenvalue weighted by atomic mass is 36.0. The first-order valence-corrected chi connectivity index (χ1v) is 6.28. The summed E-state index contributed by atoms with van der Waals surface area (Å²) < 4.78 is 18.3. The molecule has 0 heterocycles. The van der Waals surface area contributed by atoms with E-state index in [2.05, 4.69) is 21.4 Å². The maximum Gasteiger partial charge on any atom is 0.317 e. The largest absolute Gasteiger partial charge is 0.317 e. The Morgan fingerprint density at radius 1 is 0.800 bits per heavy atom. The molecule has 1 fully saturated rings. The first-order chi connectivity index (χ1) is 4.50. The van der Waals surface area contributed by atoms with Crippen LogP contribution in [-0.2, 0) is 8.26 Å². The predicted molar refractivity (Wildman–Crippen MR) is 43.7 cm³/mol. The zero-order valence-corrected chi connectivity index (χ0v) is 7.84. The Hall–Kier alpha value is 0.530. The van der Waals surface area contributed by atoms with Gasteiger partial charge in [-0.3, -0.25) is 0 Å².